The van der Waals surface area contributed by atoms with E-state index >= 15 is 0 Å². The molecule has 0 aliphatic heterocycles. The lowest BCUT2D eigenvalue weighted by molar-refractivity contribution is 0.668. The highest BCUT2D eigenvalue weighted by molar-refractivity contribution is 6.10. The summed E-state index contributed by atoms with van der Waals surface area (Å²) in [4.78, 5) is 29.4. The average Bonchev–Trinajstić information content (AvgIpc) is 3.54. The summed E-state index contributed by atoms with van der Waals surface area (Å²) in [6.45, 7) is 0. The summed E-state index contributed by atoms with van der Waals surface area (Å²) in [5, 5.41) is 2.95. The third-order valence-corrected chi connectivity index (χ3v) is 8.22. The summed E-state index contributed by atoms with van der Waals surface area (Å²) in [6, 6.07) is 46.0. The fraction of sp³-hybridized carbons (Fsp3) is 0. The molecule has 7 heteroatoms. The molecule has 5 aromatic carbocycles. The maximum absolute atomic E-state index is 6.34. The van der Waals surface area contributed by atoms with E-state index in [0.29, 0.717) is 34.6 Å². The normalized spacial score (nSPS) is 11.4. The molecule has 0 radical (unpaired) electrons. The SMILES string of the molecule is c1ccc(-c2nc(-c3ccccc3)nc(-c3ccc(-c4nc(-c5nccc6c5oc5ccccc56)c5ccccc5n4)cc3)n2)cc1. The zero-order valence-corrected chi connectivity index (χ0v) is 24.9. The quantitative estimate of drug-likeness (QED) is 0.193. The number of pyridine rings is 1. The van der Waals surface area contributed by atoms with E-state index in [0.717, 1.165) is 55.2 Å². The van der Waals surface area contributed by atoms with Crippen molar-refractivity contribution in [3.63, 3.8) is 0 Å². The van der Waals surface area contributed by atoms with Gasteiger partial charge in [-0.15, -0.1) is 0 Å². The Morgan fingerprint density at radius 1 is 0.362 bits per heavy atom. The van der Waals surface area contributed by atoms with E-state index < -0.39 is 0 Å². The largest absolute Gasteiger partial charge is 0.454 e. The second kappa shape index (κ2) is 11.1. The fourth-order valence-corrected chi connectivity index (χ4v) is 5.91. The first kappa shape index (κ1) is 26.8. The smallest absolute Gasteiger partial charge is 0.164 e. The van der Waals surface area contributed by atoms with Crippen LogP contribution in [0.25, 0.3) is 89.8 Å². The number of hydrogen-bond acceptors (Lipinski definition) is 7. The molecule has 0 aliphatic carbocycles. The number of para-hydroxylation sites is 2. The van der Waals surface area contributed by atoms with Gasteiger partial charge < -0.3 is 4.42 Å². The van der Waals surface area contributed by atoms with Gasteiger partial charge in [0.25, 0.3) is 0 Å². The molecule has 0 atom stereocenters. The summed E-state index contributed by atoms with van der Waals surface area (Å²) in [5.74, 6) is 2.41. The van der Waals surface area contributed by atoms with Crippen LogP contribution >= 0.6 is 0 Å². The number of fused-ring (bicyclic) bond motifs is 4. The predicted octanol–water partition coefficient (Wildman–Crippen LogP) is 9.44. The van der Waals surface area contributed by atoms with Crippen LogP contribution < -0.4 is 0 Å². The van der Waals surface area contributed by atoms with Gasteiger partial charge in [0, 0.05) is 44.6 Å². The highest BCUT2D eigenvalue weighted by atomic mass is 16.3. The molecule has 220 valence electrons. The zero-order chi connectivity index (χ0) is 31.2. The van der Waals surface area contributed by atoms with E-state index in [9.17, 15) is 0 Å². The Kier molecular flexibility index (Phi) is 6.31. The van der Waals surface area contributed by atoms with Crippen molar-refractivity contribution in [2.24, 2.45) is 0 Å². The molecule has 4 aromatic heterocycles. The van der Waals surface area contributed by atoms with Crippen LogP contribution in [-0.2, 0) is 0 Å². The molecule has 0 unspecified atom stereocenters. The van der Waals surface area contributed by atoms with Crippen molar-refractivity contribution in [1.29, 1.82) is 0 Å². The van der Waals surface area contributed by atoms with E-state index in [1.165, 1.54) is 0 Å². The second-order valence-corrected chi connectivity index (χ2v) is 11.2. The minimum Gasteiger partial charge on any atom is -0.454 e. The van der Waals surface area contributed by atoms with Gasteiger partial charge in [-0.2, -0.15) is 0 Å². The van der Waals surface area contributed by atoms with Crippen molar-refractivity contribution >= 4 is 32.8 Å². The summed E-state index contributed by atoms with van der Waals surface area (Å²) in [5.41, 5.74) is 7.32. The van der Waals surface area contributed by atoms with Crippen molar-refractivity contribution in [2.45, 2.75) is 0 Å². The Labute approximate surface area is 269 Å². The predicted molar refractivity (Wildman–Crippen MR) is 185 cm³/mol. The van der Waals surface area contributed by atoms with E-state index in [1.54, 1.807) is 0 Å². The molecule has 0 fully saturated rings. The third kappa shape index (κ3) is 4.78. The Morgan fingerprint density at radius 2 is 0.872 bits per heavy atom. The molecule has 0 spiro atoms. The van der Waals surface area contributed by atoms with E-state index in [-0.39, 0.29) is 0 Å². The van der Waals surface area contributed by atoms with Crippen molar-refractivity contribution < 1.29 is 4.42 Å². The van der Waals surface area contributed by atoms with Gasteiger partial charge in [-0.1, -0.05) is 121 Å². The number of benzene rings is 5. The molecule has 4 heterocycles. The van der Waals surface area contributed by atoms with E-state index in [2.05, 4.69) is 6.07 Å². The van der Waals surface area contributed by atoms with E-state index in [4.69, 9.17) is 34.3 Å². The maximum Gasteiger partial charge on any atom is 0.164 e. The molecule has 0 amide bonds. The Bertz CT molecular complexity index is 2510. The van der Waals surface area contributed by atoms with Crippen molar-refractivity contribution in [3.8, 4) is 56.9 Å². The van der Waals surface area contributed by atoms with Crippen LogP contribution in [0.3, 0.4) is 0 Å². The van der Waals surface area contributed by atoms with Crippen molar-refractivity contribution in [3.05, 3.63) is 146 Å². The van der Waals surface area contributed by atoms with Gasteiger partial charge in [-0.25, -0.2) is 24.9 Å². The first-order valence-electron chi connectivity index (χ1n) is 15.3. The van der Waals surface area contributed by atoms with Crippen LogP contribution in [0.4, 0.5) is 0 Å². The van der Waals surface area contributed by atoms with Crippen LogP contribution in [0.2, 0.25) is 0 Å². The Hall–Kier alpha value is -6.60. The Morgan fingerprint density at radius 3 is 1.51 bits per heavy atom. The Balaban J connectivity index is 1.16. The molecule has 0 N–H and O–H groups in total. The fourth-order valence-electron chi connectivity index (χ4n) is 5.91. The lowest BCUT2D eigenvalue weighted by Gasteiger charge is -2.10. The first-order chi connectivity index (χ1) is 23.3. The summed E-state index contributed by atoms with van der Waals surface area (Å²) in [6.07, 6.45) is 1.81. The number of nitrogens with zero attached hydrogens (tertiary/aromatic N) is 6. The van der Waals surface area contributed by atoms with Crippen molar-refractivity contribution in [2.75, 3.05) is 0 Å². The highest BCUT2D eigenvalue weighted by Crippen LogP contribution is 2.37. The minimum absolute atomic E-state index is 0.588. The number of aromatic nitrogens is 6. The summed E-state index contributed by atoms with van der Waals surface area (Å²) in [7, 11) is 0. The van der Waals surface area contributed by atoms with Crippen LogP contribution in [0.1, 0.15) is 0 Å². The molecular formula is C40H24N6O. The topological polar surface area (TPSA) is 90.5 Å². The number of furan rings is 1. The van der Waals surface area contributed by atoms with Gasteiger partial charge in [0.15, 0.2) is 28.9 Å². The number of rotatable bonds is 5. The minimum atomic E-state index is 0.588. The third-order valence-electron chi connectivity index (χ3n) is 8.22. The van der Waals surface area contributed by atoms with Gasteiger partial charge in [-0.05, 0) is 18.2 Å². The molecule has 9 aromatic rings. The van der Waals surface area contributed by atoms with Gasteiger partial charge in [0.2, 0.25) is 0 Å². The van der Waals surface area contributed by atoms with Gasteiger partial charge in [0.05, 0.1) is 5.52 Å². The second-order valence-electron chi connectivity index (χ2n) is 11.2. The maximum atomic E-state index is 6.34. The van der Waals surface area contributed by atoms with Crippen molar-refractivity contribution in [1.82, 2.24) is 29.9 Å². The summed E-state index contributed by atoms with van der Waals surface area (Å²) >= 11 is 0. The van der Waals surface area contributed by atoms with Crippen LogP contribution in [0.15, 0.2) is 150 Å². The lowest BCUT2D eigenvalue weighted by atomic mass is 10.1. The average molecular weight is 605 g/mol. The first-order valence-corrected chi connectivity index (χ1v) is 15.3. The highest BCUT2D eigenvalue weighted by Gasteiger charge is 2.19. The zero-order valence-electron chi connectivity index (χ0n) is 24.9. The van der Waals surface area contributed by atoms with E-state index in [1.807, 2.05) is 140 Å². The standard InChI is InChI=1S/C40H24N6O/c1-3-11-25(12-4-1)38-44-39(26-13-5-2-6-14-26)46-40(45-38)28-21-19-27(20-22-28)37-42-32-17-9-7-16-31(32)34(43-37)35-36-30(23-24-41-35)29-15-8-10-18-33(29)47-36/h1-24H. The summed E-state index contributed by atoms with van der Waals surface area (Å²) < 4.78 is 6.34. The van der Waals surface area contributed by atoms with Gasteiger partial charge in [-0.3, -0.25) is 4.98 Å². The molecule has 0 saturated heterocycles. The van der Waals surface area contributed by atoms with Crippen LogP contribution in [-0.4, -0.2) is 29.9 Å². The molecule has 47 heavy (non-hydrogen) atoms. The van der Waals surface area contributed by atoms with Crippen LogP contribution in [0.5, 0.6) is 0 Å². The molecule has 9 rings (SSSR count). The molecule has 7 nitrogen and oxygen atoms in total. The molecular weight excluding hydrogens is 580 g/mol. The molecule has 0 aliphatic rings. The van der Waals surface area contributed by atoms with Gasteiger partial charge >= 0.3 is 0 Å². The van der Waals surface area contributed by atoms with Gasteiger partial charge in [0.1, 0.15) is 17.0 Å². The number of hydrogen-bond donors (Lipinski definition) is 0. The van der Waals surface area contributed by atoms with Crippen LogP contribution in [0, 0.1) is 0 Å². The lowest BCUT2D eigenvalue weighted by Crippen LogP contribution is -2.00. The molecule has 0 saturated carbocycles. The molecule has 0 bridgehead atoms. The monoisotopic (exact) mass is 604 g/mol.